The Labute approximate surface area is 129 Å². The van der Waals surface area contributed by atoms with E-state index in [-0.39, 0.29) is 18.4 Å². The third-order valence-corrected chi connectivity index (χ3v) is 3.61. The molecule has 3 heteroatoms. The Morgan fingerprint density at radius 1 is 0.750 bits per heavy atom. The molecule has 3 aromatic carbocycles. The average Bonchev–Trinajstić information content (AvgIpc) is 2.47. The predicted molar refractivity (Wildman–Crippen MR) is 88.7 cm³/mol. The Bertz CT molecular complexity index is 708. The molecule has 1 atom stereocenters. The summed E-state index contributed by atoms with van der Waals surface area (Å²) in [5, 5.41) is 3.17. The van der Waals surface area contributed by atoms with E-state index in [4.69, 9.17) is 17.3 Å². The molecule has 2 N–H and O–H groups in total. The van der Waals surface area contributed by atoms with Crippen LogP contribution in [0.2, 0.25) is 5.02 Å². The van der Waals surface area contributed by atoms with Crippen LogP contribution in [-0.4, -0.2) is 0 Å². The average molecular weight is 304 g/mol. The van der Waals surface area contributed by atoms with Gasteiger partial charge in [0, 0.05) is 5.02 Å². The van der Waals surface area contributed by atoms with Crippen molar-refractivity contribution in [3.05, 3.63) is 82.9 Å². The summed E-state index contributed by atoms with van der Waals surface area (Å²) in [7, 11) is 0. The normalized spacial score (nSPS) is 11.9. The van der Waals surface area contributed by atoms with E-state index < -0.39 is 0 Å². The minimum absolute atomic E-state index is 0. The molecule has 0 saturated carbocycles. The molecule has 0 radical (unpaired) electrons. The van der Waals surface area contributed by atoms with Crippen LogP contribution >= 0.6 is 24.0 Å². The van der Waals surface area contributed by atoms with E-state index in [9.17, 15) is 0 Å². The van der Waals surface area contributed by atoms with E-state index in [0.717, 1.165) is 16.1 Å². The second-order valence-electron chi connectivity index (χ2n) is 4.64. The second kappa shape index (κ2) is 6.27. The molecule has 0 bridgehead atoms. The molecule has 0 amide bonds. The Balaban J connectivity index is 0.00000147. The van der Waals surface area contributed by atoms with Crippen molar-refractivity contribution in [1.29, 1.82) is 0 Å². The highest BCUT2D eigenvalue weighted by molar-refractivity contribution is 6.30. The number of nitrogens with two attached hydrogens (primary N) is 1. The number of hydrogen-bond acceptors (Lipinski definition) is 1. The van der Waals surface area contributed by atoms with E-state index in [2.05, 4.69) is 30.3 Å². The Morgan fingerprint density at radius 2 is 1.35 bits per heavy atom. The van der Waals surface area contributed by atoms with Crippen LogP contribution in [0.5, 0.6) is 0 Å². The molecule has 0 aliphatic rings. The highest BCUT2D eigenvalue weighted by atomic mass is 35.5. The molecule has 3 aromatic rings. The van der Waals surface area contributed by atoms with E-state index in [1.54, 1.807) is 0 Å². The van der Waals surface area contributed by atoms with E-state index >= 15 is 0 Å². The van der Waals surface area contributed by atoms with Gasteiger partial charge in [0.15, 0.2) is 0 Å². The van der Waals surface area contributed by atoms with Crippen LogP contribution in [0.1, 0.15) is 17.2 Å². The number of benzene rings is 3. The molecule has 0 aliphatic carbocycles. The van der Waals surface area contributed by atoms with E-state index in [1.165, 1.54) is 10.8 Å². The monoisotopic (exact) mass is 303 g/mol. The molecule has 20 heavy (non-hydrogen) atoms. The van der Waals surface area contributed by atoms with Crippen molar-refractivity contribution >= 4 is 34.8 Å². The van der Waals surface area contributed by atoms with Crippen molar-refractivity contribution in [3.8, 4) is 0 Å². The minimum atomic E-state index is -0.123. The van der Waals surface area contributed by atoms with Gasteiger partial charge in [0.05, 0.1) is 6.04 Å². The molecule has 0 saturated heterocycles. The first kappa shape index (κ1) is 14.9. The maximum absolute atomic E-state index is 6.31. The maximum Gasteiger partial charge on any atom is 0.0551 e. The van der Waals surface area contributed by atoms with Gasteiger partial charge < -0.3 is 5.73 Å². The summed E-state index contributed by atoms with van der Waals surface area (Å²) in [5.41, 5.74) is 8.50. The number of halogens is 2. The summed E-state index contributed by atoms with van der Waals surface area (Å²) in [5.74, 6) is 0. The van der Waals surface area contributed by atoms with Crippen LogP contribution in [-0.2, 0) is 0 Å². The lowest BCUT2D eigenvalue weighted by atomic mass is 9.97. The van der Waals surface area contributed by atoms with Crippen molar-refractivity contribution in [3.63, 3.8) is 0 Å². The Kier molecular flexibility index (Phi) is 4.66. The van der Waals surface area contributed by atoms with Crippen LogP contribution in [0.4, 0.5) is 0 Å². The summed E-state index contributed by atoms with van der Waals surface area (Å²) in [6, 6.07) is 22.2. The summed E-state index contributed by atoms with van der Waals surface area (Å²) >= 11 is 5.90. The molecule has 3 rings (SSSR count). The van der Waals surface area contributed by atoms with Crippen LogP contribution in [0, 0.1) is 0 Å². The van der Waals surface area contributed by atoms with Gasteiger partial charge in [0.1, 0.15) is 0 Å². The molecule has 1 nitrogen and oxygen atoms in total. The minimum Gasteiger partial charge on any atom is -0.320 e. The first-order chi connectivity index (χ1) is 9.24. The molecular weight excluding hydrogens is 289 g/mol. The molecule has 0 aliphatic heterocycles. The third kappa shape index (κ3) is 2.96. The molecular formula is C17H15Cl2N. The summed E-state index contributed by atoms with van der Waals surface area (Å²) in [6.45, 7) is 0. The predicted octanol–water partition coefficient (Wildman–Crippen LogP) is 4.96. The van der Waals surface area contributed by atoms with Crippen molar-refractivity contribution in [1.82, 2.24) is 0 Å². The maximum atomic E-state index is 6.31. The van der Waals surface area contributed by atoms with Gasteiger partial charge in [-0.2, -0.15) is 0 Å². The lowest BCUT2D eigenvalue weighted by Crippen LogP contribution is -2.11. The molecule has 0 fully saturated rings. The lowest BCUT2D eigenvalue weighted by Gasteiger charge is -2.13. The van der Waals surface area contributed by atoms with E-state index in [0.29, 0.717) is 0 Å². The number of fused-ring (bicyclic) bond motifs is 1. The highest BCUT2D eigenvalue weighted by Gasteiger charge is 2.09. The number of hydrogen-bond donors (Lipinski definition) is 1. The zero-order valence-corrected chi connectivity index (χ0v) is 12.4. The van der Waals surface area contributed by atoms with Gasteiger partial charge in [0.25, 0.3) is 0 Å². The first-order valence-corrected chi connectivity index (χ1v) is 6.61. The third-order valence-electron chi connectivity index (χ3n) is 3.36. The van der Waals surface area contributed by atoms with Crippen LogP contribution < -0.4 is 5.73 Å². The van der Waals surface area contributed by atoms with Crippen LogP contribution in [0.25, 0.3) is 10.8 Å². The smallest absolute Gasteiger partial charge is 0.0551 e. The topological polar surface area (TPSA) is 26.0 Å². The summed E-state index contributed by atoms with van der Waals surface area (Å²) in [4.78, 5) is 0. The molecule has 1 unspecified atom stereocenters. The molecule has 0 aromatic heterocycles. The van der Waals surface area contributed by atoms with Gasteiger partial charge in [-0.05, 0) is 40.1 Å². The van der Waals surface area contributed by atoms with Crippen LogP contribution in [0.3, 0.4) is 0 Å². The first-order valence-electron chi connectivity index (χ1n) is 6.24. The Morgan fingerprint density at radius 3 is 2.05 bits per heavy atom. The molecule has 0 spiro atoms. The zero-order valence-electron chi connectivity index (χ0n) is 10.8. The zero-order chi connectivity index (χ0) is 13.2. The lowest BCUT2D eigenvalue weighted by molar-refractivity contribution is 0.873. The van der Waals surface area contributed by atoms with Crippen molar-refractivity contribution in [2.75, 3.05) is 0 Å². The van der Waals surface area contributed by atoms with Crippen molar-refractivity contribution < 1.29 is 0 Å². The van der Waals surface area contributed by atoms with Crippen molar-refractivity contribution in [2.45, 2.75) is 6.04 Å². The van der Waals surface area contributed by atoms with Gasteiger partial charge in [-0.3, -0.25) is 0 Å². The Hall–Kier alpha value is -1.54. The van der Waals surface area contributed by atoms with Gasteiger partial charge in [-0.25, -0.2) is 0 Å². The second-order valence-corrected chi connectivity index (χ2v) is 5.07. The van der Waals surface area contributed by atoms with Gasteiger partial charge in [-0.15, -0.1) is 12.4 Å². The number of rotatable bonds is 2. The summed E-state index contributed by atoms with van der Waals surface area (Å²) < 4.78 is 0. The standard InChI is InChI=1S/C17H14ClN.ClH/c18-16-9-7-13(8-10-16)17(19)15-6-5-12-3-1-2-4-14(12)11-15;/h1-11,17H,19H2;1H. The highest BCUT2D eigenvalue weighted by Crippen LogP contribution is 2.24. The fraction of sp³-hybridized carbons (Fsp3) is 0.0588. The largest absolute Gasteiger partial charge is 0.320 e. The quantitative estimate of drug-likeness (QED) is 0.711. The molecule has 0 heterocycles. The van der Waals surface area contributed by atoms with Gasteiger partial charge >= 0.3 is 0 Å². The van der Waals surface area contributed by atoms with Gasteiger partial charge in [0.2, 0.25) is 0 Å². The molecule has 102 valence electrons. The van der Waals surface area contributed by atoms with Gasteiger partial charge in [-0.1, -0.05) is 60.1 Å². The van der Waals surface area contributed by atoms with E-state index in [1.807, 2.05) is 36.4 Å². The summed E-state index contributed by atoms with van der Waals surface area (Å²) in [6.07, 6.45) is 0. The fourth-order valence-corrected chi connectivity index (χ4v) is 2.39. The SMILES string of the molecule is Cl.NC(c1ccc(Cl)cc1)c1ccc2ccccc2c1. The van der Waals surface area contributed by atoms with Crippen LogP contribution in [0.15, 0.2) is 66.7 Å². The fourth-order valence-electron chi connectivity index (χ4n) is 2.26. The van der Waals surface area contributed by atoms with Crippen molar-refractivity contribution in [2.24, 2.45) is 5.73 Å².